The van der Waals surface area contributed by atoms with Gasteiger partial charge in [-0.25, -0.2) is 4.79 Å². The summed E-state index contributed by atoms with van der Waals surface area (Å²) in [5.74, 6) is 0. The molecule has 128 valence electrons. The Labute approximate surface area is 139 Å². The molecule has 5 heteroatoms. The second kappa shape index (κ2) is 7.77. The van der Waals surface area contributed by atoms with Crippen molar-refractivity contribution in [3.05, 3.63) is 29.6 Å². The van der Waals surface area contributed by atoms with Crippen molar-refractivity contribution in [1.82, 2.24) is 15.6 Å². The summed E-state index contributed by atoms with van der Waals surface area (Å²) in [7, 11) is 0. The van der Waals surface area contributed by atoms with Gasteiger partial charge in [-0.15, -0.1) is 0 Å². The zero-order valence-electron chi connectivity index (χ0n) is 14.7. The SMILES string of the molecule is CCCC(CNC(=O)OC(C)(C)C)NC1CCc2cccnc21. The van der Waals surface area contributed by atoms with E-state index in [1.165, 1.54) is 5.56 Å². The molecule has 0 radical (unpaired) electrons. The fourth-order valence-electron chi connectivity index (χ4n) is 2.97. The minimum Gasteiger partial charge on any atom is -0.444 e. The minimum atomic E-state index is -0.466. The number of rotatable bonds is 6. The van der Waals surface area contributed by atoms with Gasteiger partial charge in [0.2, 0.25) is 0 Å². The van der Waals surface area contributed by atoms with Crippen LogP contribution < -0.4 is 10.6 Å². The Hall–Kier alpha value is -1.62. The molecule has 2 atom stereocenters. The molecular weight excluding hydrogens is 290 g/mol. The number of carbonyl (C=O) groups excluding carboxylic acids is 1. The molecule has 2 unspecified atom stereocenters. The van der Waals surface area contributed by atoms with Crippen LogP contribution in [-0.4, -0.2) is 29.3 Å². The number of hydrogen-bond donors (Lipinski definition) is 2. The predicted molar refractivity (Wildman–Crippen MR) is 91.4 cm³/mol. The average Bonchev–Trinajstić information content (AvgIpc) is 2.87. The number of aryl methyl sites for hydroxylation is 1. The second-order valence-electron chi connectivity index (χ2n) is 7.17. The summed E-state index contributed by atoms with van der Waals surface area (Å²) < 4.78 is 5.30. The maximum Gasteiger partial charge on any atom is 0.407 e. The van der Waals surface area contributed by atoms with E-state index in [0.29, 0.717) is 6.54 Å². The molecule has 1 aromatic rings. The van der Waals surface area contributed by atoms with Crippen molar-refractivity contribution in [2.75, 3.05) is 6.54 Å². The highest BCUT2D eigenvalue weighted by Gasteiger charge is 2.26. The number of hydrogen-bond acceptors (Lipinski definition) is 4. The summed E-state index contributed by atoms with van der Waals surface area (Å²) >= 11 is 0. The van der Waals surface area contributed by atoms with Crippen LogP contribution in [0.25, 0.3) is 0 Å². The molecule has 2 rings (SSSR count). The number of pyridine rings is 1. The van der Waals surface area contributed by atoms with Crippen LogP contribution in [0, 0.1) is 0 Å². The Balaban J connectivity index is 1.88. The van der Waals surface area contributed by atoms with Crippen molar-refractivity contribution < 1.29 is 9.53 Å². The third-order valence-electron chi connectivity index (χ3n) is 3.92. The lowest BCUT2D eigenvalue weighted by atomic mass is 10.1. The average molecular weight is 319 g/mol. The van der Waals surface area contributed by atoms with E-state index in [2.05, 4.69) is 28.6 Å². The molecule has 1 amide bonds. The van der Waals surface area contributed by atoms with Gasteiger partial charge in [0.15, 0.2) is 0 Å². The number of amides is 1. The summed E-state index contributed by atoms with van der Waals surface area (Å²) in [5.41, 5.74) is 2.03. The van der Waals surface area contributed by atoms with Gasteiger partial charge in [-0.2, -0.15) is 0 Å². The molecule has 1 aromatic heterocycles. The van der Waals surface area contributed by atoms with E-state index in [0.717, 1.165) is 31.4 Å². The summed E-state index contributed by atoms with van der Waals surface area (Å²) in [6.07, 6.45) is 5.71. The first-order chi connectivity index (χ1) is 10.9. The lowest BCUT2D eigenvalue weighted by Crippen LogP contribution is -2.43. The van der Waals surface area contributed by atoms with Crippen LogP contribution >= 0.6 is 0 Å². The molecule has 0 bridgehead atoms. The Morgan fingerprint density at radius 3 is 2.96 bits per heavy atom. The van der Waals surface area contributed by atoms with E-state index in [9.17, 15) is 4.79 Å². The summed E-state index contributed by atoms with van der Waals surface area (Å²) in [6.45, 7) is 8.34. The molecule has 1 heterocycles. The van der Waals surface area contributed by atoms with Gasteiger partial charge in [-0.3, -0.25) is 4.98 Å². The van der Waals surface area contributed by atoms with Gasteiger partial charge in [-0.1, -0.05) is 19.4 Å². The summed E-state index contributed by atoms with van der Waals surface area (Å²) in [6, 6.07) is 4.65. The normalized spacial score (nSPS) is 18.3. The monoisotopic (exact) mass is 319 g/mol. The minimum absolute atomic E-state index is 0.227. The number of ether oxygens (including phenoxy) is 1. The van der Waals surface area contributed by atoms with Gasteiger partial charge >= 0.3 is 6.09 Å². The van der Waals surface area contributed by atoms with Crippen molar-refractivity contribution in [3.63, 3.8) is 0 Å². The van der Waals surface area contributed by atoms with E-state index < -0.39 is 5.60 Å². The maximum atomic E-state index is 11.8. The zero-order chi connectivity index (χ0) is 16.9. The van der Waals surface area contributed by atoms with Gasteiger partial charge in [-0.05, 0) is 51.7 Å². The highest BCUT2D eigenvalue weighted by atomic mass is 16.6. The third kappa shape index (κ3) is 5.50. The number of fused-ring (bicyclic) bond motifs is 1. The fourth-order valence-corrected chi connectivity index (χ4v) is 2.97. The second-order valence-corrected chi connectivity index (χ2v) is 7.17. The number of nitrogens with one attached hydrogen (secondary N) is 2. The fraction of sp³-hybridized carbons (Fsp3) is 0.667. The molecule has 0 aliphatic heterocycles. The first-order valence-electron chi connectivity index (χ1n) is 8.55. The zero-order valence-corrected chi connectivity index (χ0v) is 14.7. The van der Waals surface area contributed by atoms with Gasteiger partial charge in [0.05, 0.1) is 11.7 Å². The van der Waals surface area contributed by atoms with E-state index >= 15 is 0 Å². The Bertz CT molecular complexity index is 525. The summed E-state index contributed by atoms with van der Waals surface area (Å²) in [4.78, 5) is 16.4. The topological polar surface area (TPSA) is 63.2 Å². The van der Waals surface area contributed by atoms with Crippen LogP contribution in [0.2, 0.25) is 0 Å². The van der Waals surface area contributed by atoms with Gasteiger partial charge in [0.25, 0.3) is 0 Å². The smallest absolute Gasteiger partial charge is 0.407 e. The van der Waals surface area contributed by atoms with Crippen LogP contribution in [0.4, 0.5) is 4.79 Å². The maximum absolute atomic E-state index is 11.8. The Morgan fingerprint density at radius 1 is 1.48 bits per heavy atom. The first-order valence-corrected chi connectivity index (χ1v) is 8.55. The Morgan fingerprint density at radius 2 is 2.26 bits per heavy atom. The van der Waals surface area contributed by atoms with Crippen molar-refractivity contribution in [3.8, 4) is 0 Å². The molecule has 1 aliphatic carbocycles. The van der Waals surface area contributed by atoms with Crippen LogP contribution in [0.15, 0.2) is 18.3 Å². The van der Waals surface area contributed by atoms with Gasteiger partial charge in [0.1, 0.15) is 5.60 Å². The predicted octanol–water partition coefficient (Wildman–Crippen LogP) is 3.35. The first kappa shape index (κ1) is 17.7. The van der Waals surface area contributed by atoms with Gasteiger partial charge < -0.3 is 15.4 Å². The van der Waals surface area contributed by atoms with Crippen LogP contribution in [0.3, 0.4) is 0 Å². The van der Waals surface area contributed by atoms with Crippen LogP contribution in [0.1, 0.15) is 64.3 Å². The lowest BCUT2D eigenvalue weighted by Gasteiger charge is -2.25. The molecule has 1 aliphatic rings. The number of aromatic nitrogens is 1. The number of alkyl carbamates (subject to hydrolysis) is 1. The Kier molecular flexibility index (Phi) is 5.99. The quantitative estimate of drug-likeness (QED) is 0.844. The molecule has 0 fully saturated rings. The van der Waals surface area contributed by atoms with Crippen molar-refractivity contribution in [1.29, 1.82) is 0 Å². The van der Waals surface area contributed by atoms with Crippen molar-refractivity contribution in [2.24, 2.45) is 0 Å². The number of carbonyl (C=O) groups is 1. The standard InChI is InChI=1S/C18H29N3O2/c1-5-7-14(12-20-17(22)23-18(2,3)4)21-15-10-9-13-8-6-11-19-16(13)15/h6,8,11,14-15,21H,5,7,9-10,12H2,1-4H3,(H,20,22). The van der Waals surface area contributed by atoms with Crippen molar-refractivity contribution in [2.45, 2.75) is 71.1 Å². The molecular formula is C18H29N3O2. The van der Waals surface area contributed by atoms with Crippen molar-refractivity contribution >= 4 is 6.09 Å². The number of nitrogens with zero attached hydrogens (tertiary/aromatic N) is 1. The molecule has 0 aromatic carbocycles. The van der Waals surface area contributed by atoms with E-state index in [4.69, 9.17) is 4.74 Å². The molecule has 0 spiro atoms. The molecule has 0 saturated carbocycles. The molecule has 0 saturated heterocycles. The lowest BCUT2D eigenvalue weighted by molar-refractivity contribution is 0.0521. The van der Waals surface area contributed by atoms with Gasteiger partial charge in [0, 0.05) is 18.8 Å². The molecule has 2 N–H and O–H groups in total. The van der Waals surface area contributed by atoms with Crippen LogP contribution in [-0.2, 0) is 11.2 Å². The molecule has 5 nitrogen and oxygen atoms in total. The molecule has 23 heavy (non-hydrogen) atoms. The largest absolute Gasteiger partial charge is 0.444 e. The van der Waals surface area contributed by atoms with E-state index in [1.54, 1.807) is 0 Å². The summed E-state index contributed by atoms with van der Waals surface area (Å²) in [5, 5.41) is 6.54. The highest BCUT2D eigenvalue weighted by Crippen LogP contribution is 2.29. The highest BCUT2D eigenvalue weighted by molar-refractivity contribution is 5.67. The van der Waals surface area contributed by atoms with E-state index in [-0.39, 0.29) is 18.2 Å². The van der Waals surface area contributed by atoms with E-state index in [1.807, 2.05) is 33.0 Å². The third-order valence-corrected chi connectivity index (χ3v) is 3.92. The van der Waals surface area contributed by atoms with Crippen LogP contribution in [0.5, 0.6) is 0 Å².